The van der Waals surface area contributed by atoms with Crippen LogP contribution in [-0.2, 0) is 0 Å². The van der Waals surface area contributed by atoms with Gasteiger partial charge in [-0.1, -0.05) is 36.4 Å². The van der Waals surface area contributed by atoms with Crippen molar-refractivity contribution >= 4 is 11.8 Å². The van der Waals surface area contributed by atoms with Crippen molar-refractivity contribution < 1.29 is 14.2 Å². The summed E-state index contributed by atoms with van der Waals surface area (Å²) in [7, 11) is 0. The van der Waals surface area contributed by atoms with E-state index in [0.29, 0.717) is 18.1 Å². The number of thioether (sulfide) groups is 1. The summed E-state index contributed by atoms with van der Waals surface area (Å²) in [6.45, 7) is 0.496. The van der Waals surface area contributed by atoms with Crippen LogP contribution >= 0.6 is 11.8 Å². The van der Waals surface area contributed by atoms with E-state index in [1.807, 2.05) is 30.3 Å². The van der Waals surface area contributed by atoms with Crippen molar-refractivity contribution in [1.29, 1.82) is 0 Å². The molecule has 2 aromatic carbocycles. The van der Waals surface area contributed by atoms with Crippen LogP contribution in [0.3, 0.4) is 0 Å². The Kier molecular flexibility index (Phi) is 5.89. The molecule has 1 unspecified atom stereocenters. The van der Waals surface area contributed by atoms with Gasteiger partial charge in [0.15, 0.2) is 0 Å². The lowest BCUT2D eigenvalue weighted by atomic mass is 10.1. The second-order valence-corrected chi connectivity index (χ2v) is 5.46. The molecule has 0 radical (unpaired) electrons. The molecule has 0 aromatic heterocycles. The molecule has 0 bridgehead atoms. The third-order valence-electron chi connectivity index (χ3n) is 2.75. The summed E-state index contributed by atoms with van der Waals surface area (Å²) < 4.78 is 18.3. The minimum atomic E-state index is -0.463. The first kappa shape index (κ1) is 14.9. The summed E-state index contributed by atoms with van der Waals surface area (Å²) >= 11 is 1.61. The van der Waals surface area contributed by atoms with Gasteiger partial charge in [-0.15, -0.1) is 0 Å². The quantitative estimate of drug-likeness (QED) is 0.790. The van der Waals surface area contributed by atoms with Crippen LogP contribution in [0.2, 0.25) is 0 Å². The second-order valence-electron chi connectivity index (χ2n) is 4.31. The summed E-state index contributed by atoms with van der Waals surface area (Å²) in [5.41, 5.74) is 0.922. The summed E-state index contributed by atoms with van der Waals surface area (Å²) in [5.74, 6) is 1.61. The predicted molar refractivity (Wildman–Crippen MR) is 80.6 cm³/mol. The Morgan fingerprint density at radius 2 is 1.90 bits per heavy atom. The van der Waals surface area contributed by atoms with Crippen molar-refractivity contribution in [1.82, 2.24) is 0 Å². The van der Waals surface area contributed by atoms with Crippen molar-refractivity contribution in [3.05, 3.63) is 66.0 Å². The standard InChI is InChI=1S/C16H17FO2S/c17-14-7-4-8-15(11-14)19-9-10-20-12-16(18)13-5-2-1-3-6-13/h1-8,11,16,18H,9-10,12H2. The maximum atomic E-state index is 12.9. The predicted octanol–water partition coefficient (Wildman–Crippen LogP) is 3.67. The van der Waals surface area contributed by atoms with Crippen LogP contribution in [0.4, 0.5) is 4.39 Å². The molecule has 0 amide bonds. The third-order valence-corrected chi connectivity index (χ3v) is 3.76. The first-order valence-electron chi connectivity index (χ1n) is 6.45. The number of rotatable bonds is 7. The number of hydrogen-bond acceptors (Lipinski definition) is 3. The van der Waals surface area contributed by atoms with E-state index in [-0.39, 0.29) is 5.82 Å². The molecule has 0 spiro atoms. The van der Waals surface area contributed by atoms with Gasteiger partial charge in [-0.2, -0.15) is 11.8 Å². The van der Waals surface area contributed by atoms with Crippen LogP contribution in [0, 0.1) is 5.82 Å². The van der Waals surface area contributed by atoms with E-state index in [1.165, 1.54) is 12.1 Å². The molecule has 2 aromatic rings. The van der Waals surface area contributed by atoms with Crippen LogP contribution in [0.25, 0.3) is 0 Å². The van der Waals surface area contributed by atoms with Crippen molar-refractivity contribution in [2.45, 2.75) is 6.10 Å². The van der Waals surface area contributed by atoms with Gasteiger partial charge in [0.05, 0.1) is 12.7 Å². The zero-order valence-corrected chi connectivity index (χ0v) is 11.9. The number of halogens is 1. The van der Waals surface area contributed by atoms with Gasteiger partial charge in [-0.25, -0.2) is 4.39 Å². The molecule has 0 aliphatic rings. The largest absolute Gasteiger partial charge is 0.493 e. The van der Waals surface area contributed by atoms with E-state index in [4.69, 9.17) is 4.74 Å². The number of ether oxygens (including phenoxy) is 1. The molecule has 2 rings (SSSR count). The van der Waals surface area contributed by atoms with E-state index in [1.54, 1.807) is 23.9 Å². The Labute approximate surface area is 122 Å². The van der Waals surface area contributed by atoms with E-state index < -0.39 is 6.10 Å². The highest BCUT2D eigenvalue weighted by atomic mass is 32.2. The third kappa shape index (κ3) is 4.87. The first-order valence-corrected chi connectivity index (χ1v) is 7.60. The molecule has 0 saturated heterocycles. The van der Waals surface area contributed by atoms with Gasteiger partial charge in [-0.05, 0) is 17.7 Å². The summed E-state index contributed by atoms with van der Waals surface area (Å²) in [5, 5.41) is 9.96. The maximum Gasteiger partial charge on any atom is 0.126 e. The molecule has 0 saturated carbocycles. The summed E-state index contributed by atoms with van der Waals surface area (Å²) in [6.07, 6.45) is -0.463. The second kappa shape index (κ2) is 7.92. The Hall–Kier alpha value is -1.52. The monoisotopic (exact) mass is 292 g/mol. The smallest absolute Gasteiger partial charge is 0.126 e. The van der Waals surface area contributed by atoms with Gasteiger partial charge in [0.2, 0.25) is 0 Å². The lowest BCUT2D eigenvalue weighted by Crippen LogP contribution is -2.05. The highest BCUT2D eigenvalue weighted by Crippen LogP contribution is 2.18. The van der Waals surface area contributed by atoms with Crippen LogP contribution in [0.1, 0.15) is 11.7 Å². The topological polar surface area (TPSA) is 29.5 Å². The highest BCUT2D eigenvalue weighted by molar-refractivity contribution is 7.99. The van der Waals surface area contributed by atoms with E-state index in [2.05, 4.69) is 0 Å². The van der Waals surface area contributed by atoms with E-state index in [0.717, 1.165) is 11.3 Å². The van der Waals surface area contributed by atoms with Gasteiger partial charge in [-0.3, -0.25) is 0 Å². The van der Waals surface area contributed by atoms with Crippen LogP contribution in [-0.4, -0.2) is 23.2 Å². The molecule has 2 nitrogen and oxygen atoms in total. The average molecular weight is 292 g/mol. The Bertz CT molecular complexity index is 519. The lowest BCUT2D eigenvalue weighted by Gasteiger charge is -2.11. The highest BCUT2D eigenvalue weighted by Gasteiger charge is 2.06. The van der Waals surface area contributed by atoms with Crippen molar-refractivity contribution in [3.63, 3.8) is 0 Å². The minimum absolute atomic E-state index is 0.297. The van der Waals surface area contributed by atoms with Crippen LogP contribution < -0.4 is 4.74 Å². The van der Waals surface area contributed by atoms with Gasteiger partial charge >= 0.3 is 0 Å². The fraction of sp³-hybridized carbons (Fsp3) is 0.250. The van der Waals surface area contributed by atoms with Gasteiger partial charge < -0.3 is 9.84 Å². The van der Waals surface area contributed by atoms with Gasteiger partial charge in [0, 0.05) is 17.6 Å². The molecule has 20 heavy (non-hydrogen) atoms. The number of aliphatic hydroxyl groups is 1. The molecular formula is C16H17FO2S. The van der Waals surface area contributed by atoms with E-state index >= 15 is 0 Å². The normalized spacial score (nSPS) is 12.1. The molecule has 0 heterocycles. The fourth-order valence-corrected chi connectivity index (χ4v) is 2.53. The molecule has 1 N–H and O–H groups in total. The SMILES string of the molecule is OC(CSCCOc1cccc(F)c1)c1ccccc1. The number of benzene rings is 2. The van der Waals surface area contributed by atoms with Crippen molar-refractivity contribution in [2.75, 3.05) is 18.1 Å². The fourth-order valence-electron chi connectivity index (χ4n) is 1.74. The minimum Gasteiger partial charge on any atom is -0.493 e. The van der Waals surface area contributed by atoms with Crippen molar-refractivity contribution in [2.24, 2.45) is 0 Å². The van der Waals surface area contributed by atoms with Crippen LogP contribution in [0.5, 0.6) is 5.75 Å². The van der Waals surface area contributed by atoms with Gasteiger partial charge in [0.1, 0.15) is 11.6 Å². The average Bonchev–Trinajstić information content (AvgIpc) is 2.48. The zero-order chi connectivity index (χ0) is 14.2. The number of aliphatic hydroxyl groups excluding tert-OH is 1. The Balaban J connectivity index is 1.64. The van der Waals surface area contributed by atoms with Crippen LogP contribution in [0.15, 0.2) is 54.6 Å². The number of hydrogen-bond donors (Lipinski definition) is 1. The van der Waals surface area contributed by atoms with Crippen molar-refractivity contribution in [3.8, 4) is 5.75 Å². The molecule has 1 atom stereocenters. The van der Waals surface area contributed by atoms with Gasteiger partial charge in [0.25, 0.3) is 0 Å². The molecule has 106 valence electrons. The molecule has 0 aliphatic heterocycles. The molecule has 0 aliphatic carbocycles. The first-order chi connectivity index (χ1) is 9.75. The Morgan fingerprint density at radius 3 is 2.65 bits per heavy atom. The summed E-state index contributed by atoms with van der Waals surface area (Å²) in [4.78, 5) is 0. The zero-order valence-electron chi connectivity index (χ0n) is 11.0. The maximum absolute atomic E-state index is 12.9. The molecule has 0 fully saturated rings. The van der Waals surface area contributed by atoms with E-state index in [9.17, 15) is 9.50 Å². The summed E-state index contributed by atoms with van der Waals surface area (Å²) in [6, 6.07) is 15.7. The lowest BCUT2D eigenvalue weighted by molar-refractivity contribution is 0.204. The Morgan fingerprint density at radius 1 is 1.10 bits per heavy atom. The molecule has 4 heteroatoms. The molecular weight excluding hydrogens is 275 g/mol.